The first-order valence-electron chi connectivity index (χ1n) is 18.1. The van der Waals surface area contributed by atoms with Crippen LogP contribution in [0.4, 0.5) is 0 Å². The van der Waals surface area contributed by atoms with Crippen molar-refractivity contribution in [3.63, 3.8) is 0 Å². The molecular weight excluding hydrogens is 603 g/mol. The van der Waals surface area contributed by atoms with Crippen LogP contribution < -0.4 is 4.89 Å². The SMILES string of the molecule is CCCCCCCCCCCCCCCCCCCc1ccc2ccccc2c1OOP(=O)(O)OCCOCCOCCOCC. The summed E-state index contributed by atoms with van der Waals surface area (Å²) in [4.78, 5) is 15.7. The monoisotopic (exact) mass is 666 g/mol. The number of ether oxygens (including phenoxy) is 3. The van der Waals surface area contributed by atoms with Gasteiger partial charge in [0.25, 0.3) is 0 Å². The van der Waals surface area contributed by atoms with Crippen molar-refractivity contribution in [2.45, 2.75) is 129 Å². The highest BCUT2D eigenvalue weighted by molar-refractivity contribution is 7.47. The number of unbranched alkanes of at least 4 members (excludes halogenated alkanes) is 16. The largest absolute Gasteiger partial charge is 0.508 e. The van der Waals surface area contributed by atoms with E-state index in [2.05, 4.69) is 13.0 Å². The van der Waals surface area contributed by atoms with E-state index in [9.17, 15) is 9.46 Å². The molecule has 2 rings (SSSR count). The summed E-state index contributed by atoms with van der Waals surface area (Å²) in [6, 6.07) is 11.8. The van der Waals surface area contributed by atoms with E-state index in [4.69, 9.17) is 28.3 Å². The van der Waals surface area contributed by atoms with E-state index in [0.29, 0.717) is 38.8 Å². The van der Waals surface area contributed by atoms with E-state index in [1.54, 1.807) is 0 Å². The van der Waals surface area contributed by atoms with Crippen molar-refractivity contribution in [1.82, 2.24) is 0 Å². The second-order valence-electron chi connectivity index (χ2n) is 12.1. The summed E-state index contributed by atoms with van der Waals surface area (Å²) in [6.45, 7) is 6.68. The lowest BCUT2D eigenvalue weighted by Crippen LogP contribution is -2.12. The number of phosphoric ester groups is 1. The van der Waals surface area contributed by atoms with Crippen molar-refractivity contribution in [2.24, 2.45) is 0 Å². The molecule has 264 valence electrons. The zero-order valence-corrected chi connectivity index (χ0v) is 29.8. The lowest BCUT2D eigenvalue weighted by Gasteiger charge is -2.15. The predicted octanol–water partition coefficient (Wildman–Crippen LogP) is 10.5. The molecule has 0 saturated carbocycles. The lowest BCUT2D eigenvalue weighted by atomic mass is 10.00. The van der Waals surface area contributed by atoms with Gasteiger partial charge >= 0.3 is 7.82 Å². The van der Waals surface area contributed by atoms with Gasteiger partial charge in [-0.3, -0.25) is 4.52 Å². The fourth-order valence-electron chi connectivity index (χ4n) is 5.53. The lowest BCUT2D eigenvalue weighted by molar-refractivity contribution is -0.128. The fourth-order valence-corrected chi connectivity index (χ4v) is 6.04. The summed E-state index contributed by atoms with van der Waals surface area (Å²) in [7, 11) is -4.45. The van der Waals surface area contributed by atoms with E-state index >= 15 is 0 Å². The first-order chi connectivity index (χ1) is 22.6. The van der Waals surface area contributed by atoms with Gasteiger partial charge in [0.2, 0.25) is 0 Å². The smallest absolute Gasteiger partial charge is 0.379 e. The molecule has 0 saturated heterocycles. The molecule has 1 N–H and O–H groups in total. The Morgan fingerprint density at radius 2 is 1.09 bits per heavy atom. The van der Waals surface area contributed by atoms with Gasteiger partial charge in [0.15, 0.2) is 5.75 Å². The summed E-state index contributed by atoms with van der Waals surface area (Å²) in [5, 5.41) is 1.80. The van der Waals surface area contributed by atoms with Gasteiger partial charge in [0, 0.05) is 12.0 Å². The van der Waals surface area contributed by atoms with Crippen LogP contribution in [0.3, 0.4) is 0 Å². The van der Waals surface area contributed by atoms with Crippen molar-refractivity contribution in [3.8, 4) is 5.75 Å². The van der Waals surface area contributed by atoms with Crippen LogP contribution in [0.5, 0.6) is 5.75 Å². The third-order valence-corrected chi connectivity index (χ3v) is 8.93. The maximum atomic E-state index is 12.5. The Morgan fingerprint density at radius 3 is 1.65 bits per heavy atom. The van der Waals surface area contributed by atoms with E-state index in [1.807, 2.05) is 37.3 Å². The Morgan fingerprint density at radius 1 is 0.587 bits per heavy atom. The van der Waals surface area contributed by atoms with Gasteiger partial charge in [-0.1, -0.05) is 151 Å². The first kappa shape index (κ1) is 40.7. The summed E-state index contributed by atoms with van der Waals surface area (Å²) < 4.78 is 38.4. The number of fused-ring (bicyclic) bond motifs is 1. The standard InChI is InChI=1S/C37H63O8P/c1-3-5-6-7-8-9-10-11-12-13-14-15-16-17-18-19-20-24-35-27-26-34-23-21-22-25-36(34)37(35)44-45-46(38,39)43-33-32-42-31-30-41-29-28-40-4-2/h21-23,25-27H,3-20,24,28-33H2,1-2H3,(H,38,39). The molecule has 0 radical (unpaired) electrons. The van der Waals surface area contributed by atoms with Crippen LogP contribution in [0.25, 0.3) is 10.8 Å². The number of hydrogen-bond donors (Lipinski definition) is 1. The molecule has 0 aliphatic heterocycles. The van der Waals surface area contributed by atoms with Crippen LogP contribution in [0.15, 0.2) is 36.4 Å². The topological polar surface area (TPSA) is 92.7 Å². The first-order valence-corrected chi connectivity index (χ1v) is 19.6. The maximum absolute atomic E-state index is 12.5. The summed E-state index contributed by atoms with van der Waals surface area (Å²) >= 11 is 0. The predicted molar refractivity (Wildman–Crippen MR) is 187 cm³/mol. The fraction of sp³-hybridized carbons (Fsp3) is 0.730. The van der Waals surface area contributed by atoms with E-state index in [-0.39, 0.29) is 13.2 Å². The molecule has 2 aromatic carbocycles. The van der Waals surface area contributed by atoms with Gasteiger partial charge in [-0.2, -0.15) is 0 Å². The van der Waals surface area contributed by atoms with E-state index < -0.39 is 7.82 Å². The van der Waals surface area contributed by atoms with Crippen molar-refractivity contribution in [2.75, 3.05) is 46.2 Å². The Bertz CT molecular complexity index is 1050. The van der Waals surface area contributed by atoms with Crippen molar-refractivity contribution in [3.05, 3.63) is 42.0 Å². The number of rotatable bonds is 32. The van der Waals surface area contributed by atoms with Crippen molar-refractivity contribution in [1.29, 1.82) is 0 Å². The van der Waals surface area contributed by atoms with Gasteiger partial charge in [-0.05, 0) is 30.7 Å². The summed E-state index contributed by atoms with van der Waals surface area (Å²) in [6.07, 6.45) is 23.5. The third-order valence-electron chi connectivity index (χ3n) is 8.16. The Kier molecular flexibility index (Phi) is 24.3. The van der Waals surface area contributed by atoms with Crippen LogP contribution in [0.1, 0.15) is 129 Å². The average Bonchev–Trinajstić information content (AvgIpc) is 3.06. The molecule has 0 heterocycles. The zero-order valence-electron chi connectivity index (χ0n) is 28.9. The highest BCUT2D eigenvalue weighted by atomic mass is 31.2. The third kappa shape index (κ3) is 20.0. The zero-order chi connectivity index (χ0) is 33.0. The Balaban J connectivity index is 1.61. The molecule has 0 spiro atoms. The maximum Gasteiger partial charge on any atom is 0.508 e. The highest BCUT2D eigenvalue weighted by Gasteiger charge is 2.25. The van der Waals surface area contributed by atoms with Crippen molar-refractivity contribution >= 4 is 18.6 Å². The van der Waals surface area contributed by atoms with Gasteiger partial charge in [-0.15, -0.1) is 0 Å². The molecule has 0 amide bonds. The highest BCUT2D eigenvalue weighted by Crippen LogP contribution is 2.45. The minimum absolute atomic E-state index is 0.113. The molecular formula is C37H63O8P. The number of phosphoric acid groups is 1. The molecule has 0 aromatic heterocycles. The van der Waals surface area contributed by atoms with E-state index in [0.717, 1.165) is 35.6 Å². The van der Waals surface area contributed by atoms with Crippen LogP contribution in [-0.2, 0) is 34.4 Å². The molecule has 8 nitrogen and oxygen atoms in total. The van der Waals surface area contributed by atoms with Gasteiger partial charge in [-0.25, -0.2) is 4.57 Å². The number of aryl methyl sites for hydroxylation is 1. The molecule has 1 atom stereocenters. The number of benzene rings is 2. The van der Waals surface area contributed by atoms with Gasteiger partial charge in [0.1, 0.15) is 0 Å². The Labute approximate surface area is 279 Å². The minimum Gasteiger partial charge on any atom is -0.379 e. The molecule has 0 aliphatic rings. The van der Waals surface area contributed by atoms with Gasteiger partial charge < -0.3 is 24.0 Å². The van der Waals surface area contributed by atoms with Crippen LogP contribution >= 0.6 is 7.82 Å². The van der Waals surface area contributed by atoms with Crippen LogP contribution in [-0.4, -0.2) is 51.1 Å². The minimum atomic E-state index is -4.45. The molecule has 0 bridgehead atoms. The van der Waals surface area contributed by atoms with Crippen LogP contribution in [0, 0.1) is 0 Å². The molecule has 0 aliphatic carbocycles. The molecule has 46 heavy (non-hydrogen) atoms. The van der Waals surface area contributed by atoms with Crippen LogP contribution in [0.2, 0.25) is 0 Å². The van der Waals surface area contributed by atoms with Gasteiger partial charge in [0.05, 0.1) is 39.6 Å². The molecule has 2 aromatic rings. The van der Waals surface area contributed by atoms with Crippen molar-refractivity contribution < 1.29 is 37.8 Å². The second kappa shape index (κ2) is 27.4. The summed E-state index contributed by atoms with van der Waals surface area (Å²) in [5.41, 5.74) is 0.951. The normalized spacial score (nSPS) is 12.9. The molecule has 0 fully saturated rings. The summed E-state index contributed by atoms with van der Waals surface area (Å²) in [5.74, 6) is 0.466. The molecule has 9 heteroatoms. The second-order valence-corrected chi connectivity index (χ2v) is 13.4. The quantitative estimate of drug-likeness (QED) is 0.0357. The number of hydrogen-bond acceptors (Lipinski definition) is 7. The Hall–Kier alpha value is -1.51. The molecule has 1 unspecified atom stereocenters. The van der Waals surface area contributed by atoms with E-state index in [1.165, 1.54) is 96.3 Å². The average molecular weight is 667 g/mol.